The predicted octanol–water partition coefficient (Wildman–Crippen LogP) is 3.96. The van der Waals surface area contributed by atoms with Crippen LogP contribution in [-0.2, 0) is 11.3 Å². The van der Waals surface area contributed by atoms with Gasteiger partial charge in [0.05, 0.1) is 11.0 Å². The molecule has 7 nitrogen and oxygen atoms in total. The van der Waals surface area contributed by atoms with Gasteiger partial charge in [-0.05, 0) is 37.1 Å². The van der Waals surface area contributed by atoms with Gasteiger partial charge in [-0.1, -0.05) is 5.16 Å². The van der Waals surface area contributed by atoms with E-state index in [9.17, 15) is 0 Å². The molecule has 1 atom stereocenters. The van der Waals surface area contributed by atoms with Crippen molar-refractivity contribution in [3.05, 3.63) is 59.8 Å². The predicted molar refractivity (Wildman–Crippen MR) is 100 cm³/mol. The van der Waals surface area contributed by atoms with Crippen LogP contribution in [0.5, 0.6) is 0 Å². The van der Waals surface area contributed by atoms with Gasteiger partial charge in [-0.3, -0.25) is 4.98 Å². The van der Waals surface area contributed by atoms with Crippen LogP contribution in [0, 0.1) is 0 Å². The maximum absolute atomic E-state index is 5.79. The molecule has 0 radical (unpaired) electrons. The lowest BCUT2D eigenvalue weighted by Gasteiger charge is -2.05. The molecule has 5 rings (SSSR count). The van der Waals surface area contributed by atoms with Crippen molar-refractivity contribution >= 4 is 11.3 Å². The molecule has 0 aromatic carbocycles. The third-order valence-electron chi connectivity index (χ3n) is 4.50. The number of pyridine rings is 1. The van der Waals surface area contributed by atoms with Crippen LogP contribution in [0.2, 0.25) is 0 Å². The van der Waals surface area contributed by atoms with Gasteiger partial charge in [0.2, 0.25) is 11.7 Å². The summed E-state index contributed by atoms with van der Waals surface area (Å²) in [6, 6.07) is 8.00. The molecule has 0 aliphatic carbocycles. The first-order chi connectivity index (χ1) is 13.4. The summed E-state index contributed by atoms with van der Waals surface area (Å²) in [6.07, 6.45) is 9.60. The molecule has 8 heteroatoms. The fourth-order valence-electron chi connectivity index (χ4n) is 3.19. The Morgan fingerprint density at radius 1 is 1.22 bits per heavy atom. The summed E-state index contributed by atoms with van der Waals surface area (Å²) < 4.78 is 13.2. The number of nitrogens with zero attached hydrogens (tertiary/aromatic N) is 5. The van der Waals surface area contributed by atoms with Crippen LogP contribution in [0.4, 0.5) is 0 Å². The Morgan fingerprint density at radius 3 is 3.07 bits per heavy atom. The van der Waals surface area contributed by atoms with Gasteiger partial charge in [0.15, 0.2) is 0 Å². The van der Waals surface area contributed by atoms with E-state index in [0.717, 1.165) is 35.7 Å². The maximum atomic E-state index is 5.79. The number of rotatable bonds is 5. The third-order valence-corrected chi connectivity index (χ3v) is 5.68. The Balaban J connectivity index is 1.37. The first kappa shape index (κ1) is 16.3. The van der Waals surface area contributed by atoms with Crippen LogP contribution in [0.3, 0.4) is 0 Å². The van der Waals surface area contributed by atoms with E-state index in [1.54, 1.807) is 29.9 Å². The maximum Gasteiger partial charge on any atom is 0.246 e. The molecule has 5 heterocycles. The molecule has 0 amide bonds. The van der Waals surface area contributed by atoms with Crippen molar-refractivity contribution in [2.75, 3.05) is 6.61 Å². The molecule has 1 saturated heterocycles. The lowest BCUT2D eigenvalue weighted by atomic mass is 10.2. The molecule has 4 aromatic heterocycles. The number of imidazole rings is 1. The van der Waals surface area contributed by atoms with Crippen molar-refractivity contribution in [2.45, 2.75) is 25.5 Å². The zero-order valence-electron chi connectivity index (χ0n) is 14.5. The smallest absolute Gasteiger partial charge is 0.246 e. The minimum atomic E-state index is 0.227. The summed E-state index contributed by atoms with van der Waals surface area (Å²) in [6.45, 7) is 1.32. The zero-order valence-corrected chi connectivity index (χ0v) is 15.3. The number of ether oxygens (including phenoxy) is 1. The van der Waals surface area contributed by atoms with E-state index in [1.807, 2.05) is 22.9 Å². The van der Waals surface area contributed by atoms with E-state index >= 15 is 0 Å². The van der Waals surface area contributed by atoms with Crippen LogP contribution in [0.25, 0.3) is 22.1 Å². The highest BCUT2D eigenvalue weighted by Gasteiger charge is 2.21. The fraction of sp³-hybridized carbons (Fsp3) is 0.263. The van der Waals surface area contributed by atoms with Crippen molar-refractivity contribution in [1.29, 1.82) is 0 Å². The molecule has 1 fully saturated rings. The Kier molecular flexibility index (Phi) is 4.27. The highest BCUT2D eigenvalue weighted by atomic mass is 32.1. The van der Waals surface area contributed by atoms with Gasteiger partial charge in [-0.15, -0.1) is 11.3 Å². The molecule has 4 aromatic rings. The standard InChI is InChI=1S/C19H17N5O2S/c1-3-13(11-20-7-1)18-22-17(26-23-18)12-24-9-8-21-19(24)16-6-5-15(27-16)14-4-2-10-25-14/h1,3,5-9,11,14H,2,4,10,12H2/t14-/m0/s1. The second kappa shape index (κ2) is 7.05. The lowest BCUT2D eigenvalue weighted by Crippen LogP contribution is -2.00. The first-order valence-corrected chi connectivity index (χ1v) is 9.64. The number of aromatic nitrogens is 5. The molecule has 0 saturated carbocycles. The van der Waals surface area contributed by atoms with Crippen LogP contribution >= 0.6 is 11.3 Å². The summed E-state index contributed by atoms with van der Waals surface area (Å²) in [5.41, 5.74) is 0.831. The summed E-state index contributed by atoms with van der Waals surface area (Å²) in [5.74, 6) is 1.96. The minimum absolute atomic E-state index is 0.227. The lowest BCUT2D eigenvalue weighted by molar-refractivity contribution is 0.114. The molecule has 27 heavy (non-hydrogen) atoms. The normalized spacial score (nSPS) is 16.8. The Hall–Kier alpha value is -2.84. The van der Waals surface area contributed by atoms with E-state index in [0.29, 0.717) is 18.3 Å². The minimum Gasteiger partial charge on any atom is -0.373 e. The van der Waals surface area contributed by atoms with Crippen molar-refractivity contribution in [3.8, 4) is 22.1 Å². The molecule has 136 valence electrons. The van der Waals surface area contributed by atoms with Crippen molar-refractivity contribution in [1.82, 2.24) is 24.7 Å². The van der Waals surface area contributed by atoms with Gasteiger partial charge in [0.1, 0.15) is 12.4 Å². The van der Waals surface area contributed by atoms with E-state index in [4.69, 9.17) is 9.26 Å². The first-order valence-electron chi connectivity index (χ1n) is 8.82. The molecule has 0 spiro atoms. The topological polar surface area (TPSA) is 78.9 Å². The molecule has 0 N–H and O–H groups in total. The van der Waals surface area contributed by atoms with E-state index in [2.05, 4.69) is 32.2 Å². The average Bonchev–Trinajstić information content (AvgIpc) is 3.48. The number of hydrogen-bond donors (Lipinski definition) is 0. The Morgan fingerprint density at radius 2 is 2.22 bits per heavy atom. The summed E-state index contributed by atoms with van der Waals surface area (Å²) in [4.78, 5) is 15.5. The molecular weight excluding hydrogens is 362 g/mol. The summed E-state index contributed by atoms with van der Waals surface area (Å²) in [7, 11) is 0. The molecular formula is C19H17N5O2S. The molecule has 1 aliphatic heterocycles. The third kappa shape index (κ3) is 3.29. The zero-order chi connectivity index (χ0) is 18.1. The summed E-state index contributed by atoms with van der Waals surface area (Å²) in [5, 5.41) is 4.05. The van der Waals surface area contributed by atoms with Gasteiger partial charge >= 0.3 is 0 Å². The highest BCUT2D eigenvalue weighted by Crippen LogP contribution is 2.36. The van der Waals surface area contributed by atoms with Gasteiger partial charge in [0.25, 0.3) is 0 Å². The van der Waals surface area contributed by atoms with Crippen LogP contribution < -0.4 is 0 Å². The van der Waals surface area contributed by atoms with Crippen LogP contribution in [0.1, 0.15) is 29.7 Å². The second-order valence-corrected chi connectivity index (χ2v) is 7.45. The van der Waals surface area contributed by atoms with E-state index in [1.165, 1.54) is 4.88 Å². The van der Waals surface area contributed by atoms with Crippen LogP contribution in [0.15, 0.2) is 53.6 Å². The fourth-order valence-corrected chi connectivity index (χ4v) is 4.29. The second-order valence-electron chi connectivity index (χ2n) is 6.34. The quantitative estimate of drug-likeness (QED) is 0.522. The van der Waals surface area contributed by atoms with Crippen molar-refractivity contribution in [3.63, 3.8) is 0 Å². The van der Waals surface area contributed by atoms with E-state index in [-0.39, 0.29) is 6.10 Å². The van der Waals surface area contributed by atoms with Gasteiger partial charge in [0, 0.05) is 41.8 Å². The average molecular weight is 379 g/mol. The SMILES string of the molecule is c1cncc(-c2noc(Cn3ccnc3-c3ccc([C@@H]4CCCO4)s3)n2)c1. The number of hydrogen-bond acceptors (Lipinski definition) is 7. The van der Waals surface area contributed by atoms with Crippen molar-refractivity contribution < 1.29 is 9.26 Å². The monoisotopic (exact) mass is 379 g/mol. The number of thiophene rings is 1. The van der Waals surface area contributed by atoms with Crippen LogP contribution in [-0.4, -0.2) is 31.3 Å². The van der Waals surface area contributed by atoms with Crippen molar-refractivity contribution in [2.24, 2.45) is 0 Å². The summed E-state index contributed by atoms with van der Waals surface area (Å²) >= 11 is 1.73. The highest BCUT2D eigenvalue weighted by molar-refractivity contribution is 7.15. The Bertz CT molecular complexity index is 1030. The van der Waals surface area contributed by atoms with Gasteiger partial charge in [-0.2, -0.15) is 4.98 Å². The Labute approximate surface area is 159 Å². The van der Waals surface area contributed by atoms with Gasteiger partial charge < -0.3 is 13.8 Å². The molecule has 0 bridgehead atoms. The largest absolute Gasteiger partial charge is 0.373 e. The van der Waals surface area contributed by atoms with E-state index < -0.39 is 0 Å². The molecule has 0 unspecified atom stereocenters. The molecule has 1 aliphatic rings. The van der Waals surface area contributed by atoms with Gasteiger partial charge in [-0.25, -0.2) is 4.98 Å².